The largest absolute Gasteiger partial charge is 0.363 e. The van der Waals surface area contributed by atoms with Crippen LogP contribution in [-0.4, -0.2) is 31.1 Å². The molecule has 2 atom stereocenters. The Kier molecular flexibility index (Phi) is 3.59. The highest BCUT2D eigenvalue weighted by atomic mass is 35.5. The molecule has 0 bridgehead atoms. The summed E-state index contributed by atoms with van der Waals surface area (Å²) >= 11 is 6.27. The lowest BCUT2D eigenvalue weighted by Crippen LogP contribution is -2.44. The van der Waals surface area contributed by atoms with Crippen molar-refractivity contribution in [3.05, 3.63) is 64.7 Å². The van der Waals surface area contributed by atoms with Crippen LogP contribution < -0.4 is 4.90 Å². The molecule has 0 amide bonds. The second kappa shape index (κ2) is 5.60. The van der Waals surface area contributed by atoms with Crippen molar-refractivity contribution >= 4 is 17.3 Å². The van der Waals surface area contributed by atoms with Crippen LogP contribution in [0.1, 0.15) is 23.5 Å². The first kappa shape index (κ1) is 14.1. The van der Waals surface area contributed by atoms with Crippen LogP contribution >= 0.6 is 11.6 Å². The Morgan fingerprint density at radius 3 is 2.77 bits per heavy atom. The smallest absolute Gasteiger partial charge is 0.0432 e. The van der Waals surface area contributed by atoms with Gasteiger partial charge in [-0.15, -0.1) is 0 Å². The molecule has 22 heavy (non-hydrogen) atoms. The number of likely N-dealkylation sites (N-methyl/N-ethyl adjacent to an activating group) is 1. The van der Waals surface area contributed by atoms with Crippen LogP contribution in [0.5, 0.6) is 0 Å². The van der Waals surface area contributed by atoms with Crippen molar-refractivity contribution in [3.8, 4) is 0 Å². The maximum atomic E-state index is 6.27. The van der Waals surface area contributed by atoms with Crippen LogP contribution in [0.15, 0.2) is 48.5 Å². The molecular formula is C19H21ClN2. The number of benzene rings is 2. The summed E-state index contributed by atoms with van der Waals surface area (Å²) in [5.41, 5.74) is 4.18. The fourth-order valence-electron chi connectivity index (χ4n) is 4.03. The molecule has 2 heterocycles. The fraction of sp³-hybridized carbons (Fsp3) is 0.368. The number of piperidine rings is 1. The van der Waals surface area contributed by atoms with Crippen molar-refractivity contribution < 1.29 is 0 Å². The van der Waals surface area contributed by atoms with E-state index in [0.717, 1.165) is 18.1 Å². The van der Waals surface area contributed by atoms with Gasteiger partial charge >= 0.3 is 0 Å². The summed E-state index contributed by atoms with van der Waals surface area (Å²) in [6.07, 6.45) is 1.22. The fourth-order valence-corrected chi connectivity index (χ4v) is 4.21. The van der Waals surface area contributed by atoms with Gasteiger partial charge in [0.05, 0.1) is 0 Å². The first-order valence-corrected chi connectivity index (χ1v) is 8.39. The van der Waals surface area contributed by atoms with E-state index >= 15 is 0 Å². The number of hydrogen-bond acceptors (Lipinski definition) is 2. The van der Waals surface area contributed by atoms with E-state index in [1.54, 1.807) is 0 Å². The normalized spacial score (nSPS) is 24.2. The van der Waals surface area contributed by atoms with Crippen molar-refractivity contribution in [1.29, 1.82) is 0 Å². The third kappa shape index (κ3) is 2.41. The molecule has 2 aromatic rings. The second-order valence-corrected chi connectivity index (χ2v) is 6.98. The number of halogens is 1. The summed E-state index contributed by atoms with van der Waals surface area (Å²) < 4.78 is 0. The Labute approximate surface area is 137 Å². The SMILES string of the molecule is CN1CC[C@H]2[C@@H](C1)c1cc(Cl)ccc1N2Cc1ccccc1. The van der Waals surface area contributed by atoms with E-state index < -0.39 is 0 Å². The standard InChI is InChI=1S/C19H21ClN2/c1-21-10-9-19-17(13-21)16-11-15(20)7-8-18(16)22(19)12-14-5-3-2-4-6-14/h2-8,11,17,19H,9-10,12-13H2,1H3/t17-,19-/m0/s1. The van der Waals surface area contributed by atoms with Gasteiger partial charge in [-0.25, -0.2) is 0 Å². The van der Waals surface area contributed by atoms with Gasteiger partial charge in [0.1, 0.15) is 0 Å². The van der Waals surface area contributed by atoms with Crippen molar-refractivity contribution in [2.24, 2.45) is 0 Å². The average molecular weight is 313 g/mol. The van der Waals surface area contributed by atoms with Crippen LogP contribution in [0.2, 0.25) is 5.02 Å². The van der Waals surface area contributed by atoms with Crippen molar-refractivity contribution in [1.82, 2.24) is 4.90 Å². The van der Waals surface area contributed by atoms with E-state index in [4.69, 9.17) is 11.6 Å². The molecule has 1 fully saturated rings. The second-order valence-electron chi connectivity index (χ2n) is 6.54. The van der Waals surface area contributed by atoms with Gasteiger partial charge in [-0.3, -0.25) is 0 Å². The van der Waals surface area contributed by atoms with Crippen LogP contribution in [0, 0.1) is 0 Å². The molecule has 2 aliphatic rings. The number of likely N-dealkylation sites (tertiary alicyclic amines) is 1. The highest BCUT2D eigenvalue weighted by Crippen LogP contribution is 2.46. The van der Waals surface area contributed by atoms with Crippen LogP contribution in [0.25, 0.3) is 0 Å². The molecule has 0 spiro atoms. The van der Waals surface area contributed by atoms with Crippen molar-refractivity contribution in [3.63, 3.8) is 0 Å². The molecule has 0 aliphatic carbocycles. The molecule has 0 radical (unpaired) electrons. The summed E-state index contributed by atoms with van der Waals surface area (Å²) in [6, 6.07) is 17.8. The van der Waals surface area contributed by atoms with Crippen molar-refractivity contribution in [2.45, 2.75) is 24.9 Å². The predicted molar refractivity (Wildman–Crippen MR) is 92.7 cm³/mol. The summed E-state index contributed by atoms with van der Waals surface area (Å²) in [5, 5.41) is 0.854. The Balaban J connectivity index is 1.72. The molecular weight excluding hydrogens is 292 g/mol. The third-order valence-corrected chi connectivity index (χ3v) is 5.31. The van der Waals surface area contributed by atoms with Gasteiger partial charge in [-0.1, -0.05) is 41.9 Å². The average Bonchev–Trinajstić information content (AvgIpc) is 2.81. The summed E-state index contributed by atoms with van der Waals surface area (Å²) in [6.45, 7) is 3.29. The molecule has 0 aromatic heterocycles. The summed E-state index contributed by atoms with van der Waals surface area (Å²) in [4.78, 5) is 5.04. The van der Waals surface area contributed by atoms with E-state index in [2.05, 4.69) is 59.3 Å². The lowest BCUT2D eigenvalue weighted by Gasteiger charge is -2.37. The Bertz CT molecular complexity index is 670. The molecule has 0 saturated carbocycles. The van der Waals surface area contributed by atoms with Crippen LogP contribution in [0.4, 0.5) is 5.69 Å². The lowest BCUT2D eigenvalue weighted by molar-refractivity contribution is 0.231. The minimum absolute atomic E-state index is 0.580. The molecule has 2 aliphatic heterocycles. The van der Waals surface area contributed by atoms with Crippen molar-refractivity contribution in [2.75, 3.05) is 25.0 Å². The van der Waals surface area contributed by atoms with Gasteiger partial charge < -0.3 is 9.80 Å². The zero-order valence-electron chi connectivity index (χ0n) is 12.9. The number of hydrogen-bond donors (Lipinski definition) is 0. The highest BCUT2D eigenvalue weighted by molar-refractivity contribution is 6.30. The lowest BCUT2D eigenvalue weighted by atomic mass is 9.89. The Morgan fingerprint density at radius 2 is 1.95 bits per heavy atom. The van der Waals surface area contributed by atoms with E-state index in [-0.39, 0.29) is 0 Å². The van der Waals surface area contributed by atoms with Gasteiger partial charge in [0.15, 0.2) is 0 Å². The summed E-state index contributed by atoms with van der Waals surface area (Å²) in [7, 11) is 2.22. The van der Waals surface area contributed by atoms with Gasteiger partial charge in [0.25, 0.3) is 0 Å². The molecule has 0 N–H and O–H groups in total. The monoisotopic (exact) mass is 312 g/mol. The van der Waals surface area contributed by atoms with E-state index in [0.29, 0.717) is 12.0 Å². The van der Waals surface area contributed by atoms with Gasteiger partial charge in [0, 0.05) is 35.8 Å². The number of fused-ring (bicyclic) bond motifs is 3. The minimum Gasteiger partial charge on any atom is -0.363 e. The zero-order chi connectivity index (χ0) is 15.1. The van der Waals surface area contributed by atoms with Gasteiger partial charge in [0.2, 0.25) is 0 Å². The molecule has 0 unspecified atom stereocenters. The molecule has 2 nitrogen and oxygen atoms in total. The first-order valence-electron chi connectivity index (χ1n) is 8.01. The van der Waals surface area contributed by atoms with E-state index in [1.807, 2.05) is 6.07 Å². The van der Waals surface area contributed by atoms with Crippen LogP contribution in [-0.2, 0) is 6.54 Å². The summed E-state index contributed by atoms with van der Waals surface area (Å²) in [5.74, 6) is 0.580. The Hall–Kier alpha value is -1.51. The topological polar surface area (TPSA) is 6.48 Å². The number of anilines is 1. The van der Waals surface area contributed by atoms with E-state index in [1.165, 1.54) is 29.8 Å². The third-order valence-electron chi connectivity index (χ3n) is 5.07. The molecule has 3 heteroatoms. The zero-order valence-corrected chi connectivity index (χ0v) is 13.6. The van der Waals surface area contributed by atoms with Gasteiger partial charge in [-0.2, -0.15) is 0 Å². The molecule has 2 aromatic carbocycles. The van der Waals surface area contributed by atoms with Crippen LogP contribution in [0.3, 0.4) is 0 Å². The maximum absolute atomic E-state index is 6.27. The highest BCUT2D eigenvalue weighted by Gasteiger charge is 2.41. The van der Waals surface area contributed by atoms with E-state index in [9.17, 15) is 0 Å². The number of rotatable bonds is 2. The Morgan fingerprint density at radius 1 is 1.14 bits per heavy atom. The minimum atomic E-state index is 0.580. The quantitative estimate of drug-likeness (QED) is 0.822. The predicted octanol–water partition coefficient (Wildman–Crippen LogP) is 4.15. The molecule has 114 valence electrons. The molecule has 4 rings (SSSR count). The first-order chi connectivity index (χ1) is 10.7. The number of nitrogens with zero attached hydrogens (tertiary/aromatic N) is 2. The van der Waals surface area contributed by atoms with Gasteiger partial charge in [-0.05, 0) is 49.3 Å². The molecule has 1 saturated heterocycles. The maximum Gasteiger partial charge on any atom is 0.0432 e.